The largest absolute Gasteiger partial charge is 0.496 e. The zero-order chi connectivity index (χ0) is 18.7. The summed E-state index contributed by atoms with van der Waals surface area (Å²) in [6.45, 7) is 0. The molecule has 0 unspecified atom stereocenters. The molecule has 0 saturated heterocycles. The van der Waals surface area contributed by atoms with Crippen LogP contribution in [0, 0.1) is 0 Å². The van der Waals surface area contributed by atoms with Crippen LogP contribution in [0.5, 0.6) is 5.75 Å². The van der Waals surface area contributed by atoms with E-state index < -0.39 is 5.97 Å². The SMILES string of the molecule is COC(=O)c1cc2nc(SCc3ccccc3N(C)C)[nH]c2cc1OC. The van der Waals surface area contributed by atoms with E-state index in [2.05, 4.69) is 27.0 Å². The van der Waals surface area contributed by atoms with Crippen LogP contribution in [-0.2, 0) is 10.5 Å². The molecule has 0 amide bonds. The Hall–Kier alpha value is -2.67. The molecule has 7 heteroatoms. The lowest BCUT2D eigenvalue weighted by Crippen LogP contribution is -2.10. The van der Waals surface area contributed by atoms with Crippen molar-refractivity contribution < 1.29 is 14.3 Å². The number of rotatable bonds is 6. The van der Waals surface area contributed by atoms with E-state index in [0.717, 1.165) is 16.4 Å². The van der Waals surface area contributed by atoms with Crippen molar-refractivity contribution in [3.05, 3.63) is 47.5 Å². The van der Waals surface area contributed by atoms with Crippen LogP contribution in [0.4, 0.5) is 5.69 Å². The molecule has 0 atom stereocenters. The third kappa shape index (κ3) is 3.62. The smallest absolute Gasteiger partial charge is 0.341 e. The van der Waals surface area contributed by atoms with Crippen molar-refractivity contribution in [2.75, 3.05) is 33.2 Å². The number of thioether (sulfide) groups is 1. The number of para-hydroxylation sites is 1. The van der Waals surface area contributed by atoms with Gasteiger partial charge in [-0.05, 0) is 17.7 Å². The quantitative estimate of drug-likeness (QED) is 0.526. The molecule has 1 N–H and O–H groups in total. The summed E-state index contributed by atoms with van der Waals surface area (Å²) < 4.78 is 10.1. The predicted octanol–water partition coefficient (Wildman–Crippen LogP) is 3.72. The van der Waals surface area contributed by atoms with E-state index in [1.165, 1.54) is 25.5 Å². The molecule has 2 aromatic carbocycles. The van der Waals surface area contributed by atoms with Crippen molar-refractivity contribution in [2.24, 2.45) is 0 Å². The molecular weight excluding hydrogens is 350 g/mol. The fourth-order valence-electron chi connectivity index (χ4n) is 2.74. The summed E-state index contributed by atoms with van der Waals surface area (Å²) in [6.07, 6.45) is 0. The predicted molar refractivity (Wildman–Crippen MR) is 104 cm³/mol. The van der Waals surface area contributed by atoms with Gasteiger partial charge in [0.2, 0.25) is 0 Å². The zero-order valence-electron chi connectivity index (χ0n) is 15.2. The lowest BCUT2D eigenvalue weighted by Gasteiger charge is -2.16. The maximum absolute atomic E-state index is 11.9. The minimum absolute atomic E-state index is 0.364. The molecule has 1 heterocycles. The number of carbonyl (C=O) groups excluding carboxylic acids is 1. The van der Waals surface area contributed by atoms with Gasteiger partial charge < -0.3 is 19.4 Å². The summed E-state index contributed by atoms with van der Waals surface area (Å²) in [5.41, 5.74) is 4.30. The first-order valence-electron chi connectivity index (χ1n) is 8.07. The average molecular weight is 371 g/mol. The average Bonchev–Trinajstić information content (AvgIpc) is 3.06. The molecule has 3 rings (SSSR count). The highest BCUT2D eigenvalue weighted by Gasteiger charge is 2.16. The number of hydrogen-bond acceptors (Lipinski definition) is 6. The molecule has 136 valence electrons. The van der Waals surface area contributed by atoms with Crippen molar-refractivity contribution in [2.45, 2.75) is 10.9 Å². The van der Waals surface area contributed by atoms with Gasteiger partial charge in [0.25, 0.3) is 0 Å². The Kier molecular flexibility index (Phi) is 5.37. The number of nitrogens with one attached hydrogen (secondary N) is 1. The van der Waals surface area contributed by atoms with E-state index in [0.29, 0.717) is 16.8 Å². The van der Waals surface area contributed by atoms with Crippen LogP contribution in [-0.4, -0.2) is 44.3 Å². The number of hydrogen-bond donors (Lipinski definition) is 1. The molecule has 0 bridgehead atoms. The van der Waals surface area contributed by atoms with Crippen molar-refractivity contribution >= 4 is 34.5 Å². The lowest BCUT2D eigenvalue weighted by atomic mass is 10.2. The Labute approximate surface area is 156 Å². The second kappa shape index (κ2) is 7.70. The van der Waals surface area contributed by atoms with Gasteiger partial charge in [0.15, 0.2) is 5.16 Å². The van der Waals surface area contributed by atoms with Gasteiger partial charge >= 0.3 is 5.97 Å². The number of esters is 1. The van der Waals surface area contributed by atoms with Crippen molar-refractivity contribution in [3.63, 3.8) is 0 Å². The van der Waals surface area contributed by atoms with E-state index in [9.17, 15) is 4.79 Å². The second-order valence-corrected chi connectivity index (χ2v) is 6.88. The molecule has 0 aliphatic carbocycles. The Morgan fingerprint density at radius 2 is 2.00 bits per heavy atom. The lowest BCUT2D eigenvalue weighted by molar-refractivity contribution is 0.0597. The number of fused-ring (bicyclic) bond motifs is 1. The van der Waals surface area contributed by atoms with E-state index in [-0.39, 0.29) is 0 Å². The zero-order valence-corrected chi connectivity index (χ0v) is 16.0. The first-order valence-corrected chi connectivity index (χ1v) is 9.06. The summed E-state index contributed by atoms with van der Waals surface area (Å²) in [5.74, 6) is 0.804. The maximum atomic E-state index is 11.9. The normalized spacial score (nSPS) is 10.8. The monoisotopic (exact) mass is 371 g/mol. The molecule has 0 aliphatic rings. The molecule has 0 radical (unpaired) electrons. The number of methoxy groups -OCH3 is 2. The number of anilines is 1. The van der Waals surface area contributed by atoms with Crippen LogP contribution in [0.25, 0.3) is 11.0 Å². The molecule has 0 aliphatic heterocycles. The van der Waals surface area contributed by atoms with Crippen LogP contribution in [0.3, 0.4) is 0 Å². The Morgan fingerprint density at radius 3 is 2.69 bits per heavy atom. The number of carbonyl (C=O) groups is 1. The third-order valence-electron chi connectivity index (χ3n) is 4.02. The van der Waals surface area contributed by atoms with Crippen LogP contribution >= 0.6 is 11.8 Å². The summed E-state index contributed by atoms with van der Waals surface area (Å²) in [4.78, 5) is 21.9. The molecule has 6 nitrogen and oxygen atoms in total. The van der Waals surface area contributed by atoms with Crippen LogP contribution in [0.2, 0.25) is 0 Å². The highest BCUT2D eigenvalue weighted by atomic mass is 32.2. The fourth-order valence-corrected chi connectivity index (χ4v) is 3.62. The van der Waals surface area contributed by atoms with E-state index in [1.54, 1.807) is 23.9 Å². The number of aromatic nitrogens is 2. The summed E-state index contributed by atoms with van der Waals surface area (Å²) in [6, 6.07) is 11.7. The molecule has 0 saturated carbocycles. The van der Waals surface area contributed by atoms with Gasteiger partial charge in [0.1, 0.15) is 11.3 Å². The van der Waals surface area contributed by atoms with Gasteiger partial charge in [-0.25, -0.2) is 9.78 Å². The Bertz CT molecular complexity index is 937. The number of H-pyrrole nitrogens is 1. The van der Waals surface area contributed by atoms with Gasteiger partial charge in [0, 0.05) is 31.6 Å². The molecule has 0 spiro atoms. The summed E-state index contributed by atoms with van der Waals surface area (Å²) >= 11 is 1.61. The van der Waals surface area contributed by atoms with Gasteiger partial charge in [0.05, 0.1) is 25.3 Å². The van der Waals surface area contributed by atoms with Gasteiger partial charge in [-0.1, -0.05) is 30.0 Å². The Balaban J connectivity index is 1.87. The Morgan fingerprint density at radius 1 is 1.23 bits per heavy atom. The molecule has 1 aromatic heterocycles. The third-order valence-corrected chi connectivity index (χ3v) is 4.95. The summed E-state index contributed by atoms with van der Waals surface area (Å²) in [5, 5.41) is 0.789. The molecule has 3 aromatic rings. The maximum Gasteiger partial charge on any atom is 0.341 e. The molecule has 26 heavy (non-hydrogen) atoms. The standard InChI is InChI=1S/C19H21N3O3S/c1-22(2)16-8-6-5-7-12(16)11-26-19-20-14-9-13(18(23)25-4)17(24-3)10-15(14)21-19/h5-10H,11H2,1-4H3,(H,20,21). The number of imidazole rings is 1. The highest BCUT2D eigenvalue weighted by Crippen LogP contribution is 2.30. The minimum atomic E-state index is -0.444. The van der Waals surface area contributed by atoms with Crippen molar-refractivity contribution in [3.8, 4) is 5.75 Å². The first-order chi connectivity index (χ1) is 12.5. The molecular formula is C19H21N3O3S. The number of aromatic amines is 1. The fraction of sp³-hybridized carbons (Fsp3) is 0.263. The first kappa shape index (κ1) is 18.1. The van der Waals surface area contributed by atoms with Crippen molar-refractivity contribution in [1.29, 1.82) is 0 Å². The highest BCUT2D eigenvalue weighted by molar-refractivity contribution is 7.98. The van der Waals surface area contributed by atoms with Crippen LogP contribution in [0.1, 0.15) is 15.9 Å². The number of nitrogens with zero attached hydrogens (tertiary/aromatic N) is 2. The number of benzene rings is 2. The number of ether oxygens (including phenoxy) is 2. The van der Waals surface area contributed by atoms with Gasteiger partial charge in [-0.2, -0.15) is 0 Å². The van der Waals surface area contributed by atoms with E-state index in [1.807, 2.05) is 26.2 Å². The van der Waals surface area contributed by atoms with E-state index >= 15 is 0 Å². The topological polar surface area (TPSA) is 67.5 Å². The second-order valence-electron chi connectivity index (χ2n) is 5.91. The van der Waals surface area contributed by atoms with Gasteiger partial charge in [-0.3, -0.25) is 0 Å². The molecule has 0 fully saturated rings. The van der Waals surface area contributed by atoms with Crippen molar-refractivity contribution in [1.82, 2.24) is 9.97 Å². The minimum Gasteiger partial charge on any atom is -0.496 e. The van der Waals surface area contributed by atoms with Crippen LogP contribution < -0.4 is 9.64 Å². The van der Waals surface area contributed by atoms with E-state index in [4.69, 9.17) is 9.47 Å². The van der Waals surface area contributed by atoms with Crippen LogP contribution in [0.15, 0.2) is 41.6 Å². The summed E-state index contributed by atoms with van der Waals surface area (Å²) in [7, 11) is 6.94. The van der Waals surface area contributed by atoms with Gasteiger partial charge in [-0.15, -0.1) is 0 Å².